The fourth-order valence-corrected chi connectivity index (χ4v) is 2.16. The van der Waals surface area contributed by atoms with E-state index in [1.54, 1.807) is 0 Å². The average molecular weight is 199 g/mol. The van der Waals surface area contributed by atoms with Gasteiger partial charge < -0.3 is 0 Å². The molecular formula is C9H13NO2S. The molecule has 72 valence electrons. The van der Waals surface area contributed by atoms with Gasteiger partial charge in [0, 0.05) is 12.3 Å². The summed E-state index contributed by atoms with van der Waals surface area (Å²) in [6, 6.07) is 0. The average Bonchev–Trinajstić information content (AvgIpc) is 2.23. The van der Waals surface area contributed by atoms with Crippen LogP contribution in [0.5, 0.6) is 0 Å². The maximum Gasteiger partial charge on any atom is 0.253 e. The quantitative estimate of drug-likeness (QED) is 0.603. The van der Waals surface area contributed by atoms with Crippen molar-refractivity contribution in [2.24, 2.45) is 10.9 Å². The number of thioether (sulfide) groups is 1. The van der Waals surface area contributed by atoms with Crippen molar-refractivity contribution in [1.82, 2.24) is 0 Å². The second-order valence-electron chi connectivity index (χ2n) is 3.07. The molecule has 0 N–H and O–H groups in total. The number of Topliss-reactive ketones (excluding diaryl/α,β-unsaturated/α-hetero) is 1. The minimum Gasteiger partial charge on any atom is -0.299 e. The molecule has 0 saturated heterocycles. The summed E-state index contributed by atoms with van der Waals surface area (Å²) < 4.78 is 0. The number of aliphatic imine (C=N–C) groups is 1. The van der Waals surface area contributed by atoms with E-state index in [1.807, 2.05) is 13.2 Å². The van der Waals surface area contributed by atoms with E-state index in [9.17, 15) is 9.59 Å². The second-order valence-corrected chi connectivity index (χ2v) is 3.90. The highest BCUT2D eigenvalue weighted by Crippen LogP contribution is 2.22. The highest BCUT2D eigenvalue weighted by atomic mass is 32.2. The minimum atomic E-state index is -0.287. The molecule has 0 aliphatic carbocycles. The molecule has 0 aromatic carbocycles. The monoisotopic (exact) mass is 199 g/mol. The largest absolute Gasteiger partial charge is 0.299 e. The van der Waals surface area contributed by atoms with Crippen LogP contribution in [0.2, 0.25) is 0 Å². The van der Waals surface area contributed by atoms with E-state index in [0.29, 0.717) is 6.42 Å². The first-order valence-electron chi connectivity index (χ1n) is 4.34. The maximum atomic E-state index is 11.2. The van der Waals surface area contributed by atoms with Crippen molar-refractivity contribution in [2.75, 3.05) is 6.26 Å². The summed E-state index contributed by atoms with van der Waals surface area (Å²) in [6.45, 7) is 2.01. The first kappa shape index (κ1) is 10.4. The molecule has 4 heteroatoms. The summed E-state index contributed by atoms with van der Waals surface area (Å²) in [5.74, 6) is -0.107. The Balaban J connectivity index is 2.87. The lowest BCUT2D eigenvalue weighted by Gasteiger charge is -2.11. The summed E-state index contributed by atoms with van der Waals surface area (Å²) in [4.78, 5) is 26.2. The Kier molecular flexibility index (Phi) is 3.66. The van der Waals surface area contributed by atoms with Crippen molar-refractivity contribution in [3.8, 4) is 0 Å². The van der Waals surface area contributed by atoms with Crippen molar-refractivity contribution in [3.05, 3.63) is 0 Å². The summed E-state index contributed by atoms with van der Waals surface area (Å²) in [5.41, 5.74) is 0. The Morgan fingerprint density at radius 2 is 2.23 bits per heavy atom. The number of rotatable bonds is 1. The molecule has 0 radical (unpaired) electrons. The van der Waals surface area contributed by atoms with E-state index in [4.69, 9.17) is 0 Å². The van der Waals surface area contributed by atoms with Gasteiger partial charge in [0.25, 0.3) is 5.91 Å². The third-order valence-electron chi connectivity index (χ3n) is 2.11. The lowest BCUT2D eigenvalue weighted by Crippen LogP contribution is -2.12. The number of nitrogens with zero attached hydrogens (tertiary/aromatic N) is 1. The maximum absolute atomic E-state index is 11.2. The number of hydrogen-bond acceptors (Lipinski definition) is 3. The second kappa shape index (κ2) is 4.56. The number of carbonyl (C=O) groups is 2. The Bertz CT molecular complexity index is 260. The van der Waals surface area contributed by atoms with E-state index in [0.717, 1.165) is 11.5 Å². The fourth-order valence-electron chi connectivity index (χ4n) is 1.39. The standard InChI is InChI=1S/C9H13NO2S/c1-3-6-4-7(11)5-8(12)10-9(6)13-2/h6H,3-5H2,1-2H3. The van der Waals surface area contributed by atoms with Crippen LogP contribution in [0.1, 0.15) is 26.2 Å². The van der Waals surface area contributed by atoms with Crippen LogP contribution in [0.4, 0.5) is 0 Å². The summed E-state index contributed by atoms with van der Waals surface area (Å²) >= 11 is 1.47. The van der Waals surface area contributed by atoms with Crippen LogP contribution in [0, 0.1) is 5.92 Å². The zero-order valence-corrected chi connectivity index (χ0v) is 8.69. The lowest BCUT2D eigenvalue weighted by molar-refractivity contribution is -0.126. The summed E-state index contributed by atoms with van der Waals surface area (Å²) in [6.07, 6.45) is 3.23. The van der Waals surface area contributed by atoms with Gasteiger partial charge in [-0.1, -0.05) is 6.92 Å². The molecule has 3 nitrogen and oxygen atoms in total. The van der Waals surface area contributed by atoms with Crippen molar-refractivity contribution in [2.45, 2.75) is 26.2 Å². The molecule has 1 amide bonds. The molecule has 0 aromatic heterocycles. The highest BCUT2D eigenvalue weighted by molar-refractivity contribution is 8.13. The van der Waals surface area contributed by atoms with Gasteiger partial charge in [-0.25, -0.2) is 4.99 Å². The number of amides is 1. The molecule has 1 aliphatic heterocycles. The fraction of sp³-hybridized carbons (Fsp3) is 0.667. The van der Waals surface area contributed by atoms with Gasteiger partial charge in [-0.2, -0.15) is 0 Å². The van der Waals surface area contributed by atoms with Gasteiger partial charge in [0.1, 0.15) is 5.78 Å². The number of carbonyl (C=O) groups excluding carboxylic acids is 2. The number of hydrogen-bond donors (Lipinski definition) is 0. The first-order valence-corrected chi connectivity index (χ1v) is 5.57. The Morgan fingerprint density at radius 1 is 1.54 bits per heavy atom. The molecule has 0 aromatic rings. The number of ketones is 1. The van der Waals surface area contributed by atoms with Gasteiger partial charge in [-0.05, 0) is 12.7 Å². The van der Waals surface area contributed by atoms with Gasteiger partial charge in [0.05, 0.1) is 11.5 Å². The van der Waals surface area contributed by atoms with Gasteiger partial charge in [-0.3, -0.25) is 9.59 Å². The van der Waals surface area contributed by atoms with Crippen molar-refractivity contribution >= 4 is 28.5 Å². The van der Waals surface area contributed by atoms with E-state index in [2.05, 4.69) is 4.99 Å². The Hall–Kier alpha value is -0.640. The zero-order chi connectivity index (χ0) is 9.84. The predicted octanol–water partition coefficient (Wildman–Crippen LogP) is 1.66. The van der Waals surface area contributed by atoms with Crippen molar-refractivity contribution in [1.29, 1.82) is 0 Å². The SMILES string of the molecule is CCC1CC(=O)CC(=O)N=C1SC. The topological polar surface area (TPSA) is 46.5 Å². The third kappa shape index (κ3) is 2.66. The molecule has 0 bridgehead atoms. The lowest BCUT2D eigenvalue weighted by atomic mass is 10.0. The van der Waals surface area contributed by atoms with E-state index < -0.39 is 0 Å². The van der Waals surface area contributed by atoms with Crippen LogP contribution in [-0.4, -0.2) is 23.0 Å². The van der Waals surface area contributed by atoms with Crippen LogP contribution in [0.3, 0.4) is 0 Å². The molecule has 13 heavy (non-hydrogen) atoms. The first-order chi connectivity index (χ1) is 6.17. The molecule has 1 atom stereocenters. The Labute approximate surface area is 82.0 Å². The summed E-state index contributed by atoms with van der Waals surface area (Å²) in [5, 5.41) is 0.818. The van der Waals surface area contributed by atoms with Crippen LogP contribution >= 0.6 is 11.8 Å². The van der Waals surface area contributed by atoms with Gasteiger partial charge in [0.2, 0.25) is 0 Å². The summed E-state index contributed by atoms with van der Waals surface area (Å²) in [7, 11) is 0. The van der Waals surface area contributed by atoms with E-state index in [1.165, 1.54) is 11.8 Å². The van der Waals surface area contributed by atoms with Crippen LogP contribution in [0.25, 0.3) is 0 Å². The molecule has 0 fully saturated rings. The normalized spacial score (nSPS) is 24.2. The van der Waals surface area contributed by atoms with Gasteiger partial charge in [-0.15, -0.1) is 11.8 Å². The molecule has 1 heterocycles. The van der Waals surface area contributed by atoms with Crippen LogP contribution in [-0.2, 0) is 9.59 Å². The molecule has 1 unspecified atom stereocenters. The van der Waals surface area contributed by atoms with Crippen molar-refractivity contribution < 1.29 is 9.59 Å². The molecule has 0 spiro atoms. The Morgan fingerprint density at radius 3 is 2.77 bits per heavy atom. The van der Waals surface area contributed by atoms with E-state index in [-0.39, 0.29) is 24.0 Å². The third-order valence-corrected chi connectivity index (χ3v) is 2.95. The smallest absolute Gasteiger partial charge is 0.253 e. The molecule has 1 aliphatic rings. The minimum absolute atomic E-state index is 0.0133. The van der Waals surface area contributed by atoms with Crippen LogP contribution < -0.4 is 0 Å². The van der Waals surface area contributed by atoms with Gasteiger partial charge in [0.15, 0.2) is 0 Å². The van der Waals surface area contributed by atoms with Gasteiger partial charge >= 0.3 is 0 Å². The zero-order valence-electron chi connectivity index (χ0n) is 7.87. The molecular weight excluding hydrogens is 186 g/mol. The molecule has 0 saturated carbocycles. The van der Waals surface area contributed by atoms with E-state index >= 15 is 0 Å². The predicted molar refractivity (Wildman–Crippen MR) is 54.0 cm³/mol. The highest BCUT2D eigenvalue weighted by Gasteiger charge is 2.23. The molecule has 1 rings (SSSR count). The van der Waals surface area contributed by atoms with Crippen molar-refractivity contribution in [3.63, 3.8) is 0 Å². The van der Waals surface area contributed by atoms with Crippen LogP contribution in [0.15, 0.2) is 4.99 Å².